The van der Waals surface area contributed by atoms with Crippen molar-refractivity contribution in [2.45, 2.75) is 174 Å². The molecule has 0 aliphatic rings. The summed E-state index contributed by atoms with van der Waals surface area (Å²) in [5.74, 6) is 0. The van der Waals surface area contributed by atoms with Crippen molar-refractivity contribution in [3.63, 3.8) is 0 Å². The normalized spacial score (nSPS) is 11.4. The minimum atomic E-state index is 0.869. The highest BCUT2D eigenvalue weighted by Gasteiger charge is 1.96. The number of unbranched alkanes of at least 4 members (excludes halogenated alkanes) is 24. The van der Waals surface area contributed by atoms with Crippen molar-refractivity contribution < 1.29 is 0 Å². The molecule has 0 aromatic rings. The molecule has 0 bridgehead atoms. The van der Waals surface area contributed by atoms with E-state index in [1.165, 1.54) is 180 Å². The Balaban J connectivity index is 2.98. The highest BCUT2D eigenvalue weighted by Crippen LogP contribution is 2.14. The van der Waals surface area contributed by atoms with Crippen LogP contribution in [0.4, 0.5) is 0 Å². The molecule has 0 aromatic carbocycles. The molecule has 0 aliphatic heterocycles. The van der Waals surface area contributed by atoms with Crippen LogP contribution in [0.15, 0.2) is 0 Å². The summed E-state index contributed by atoms with van der Waals surface area (Å²) in [7, 11) is 0. The molecule has 0 aromatic heterocycles. The summed E-state index contributed by atoms with van der Waals surface area (Å²) in [6.45, 7) is 5.64. The second-order valence-corrected chi connectivity index (χ2v) is 10.4. The quantitative estimate of drug-likeness (QED) is 0.111. The molecule has 194 valence electrons. The van der Waals surface area contributed by atoms with Gasteiger partial charge in [0.05, 0.1) is 0 Å². The van der Waals surface area contributed by atoms with E-state index in [2.05, 4.69) is 12.2 Å². The topological polar surface area (TPSA) is 38.0 Å². The van der Waals surface area contributed by atoms with Gasteiger partial charge in [-0.25, -0.2) is 0 Å². The Hall–Kier alpha value is -0.0800. The van der Waals surface area contributed by atoms with Crippen LogP contribution in [0.5, 0.6) is 0 Å². The summed E-state index contributed by atoms with van der Waals surface area (Å²) in [4.78, 5) is 0. The Morgan fingerprint density at radius 2 is 0.594 bits per heavy atom. The molecule has 2 nitrogen and oxygen atoms in total. The van der Waals surface area contributed by atoms with Crippen LogP contribution in [0.3, 0.4) is 0 Å². The molecule has 32 heavy (non-hydrogen) atoms. The van der Waals surface area contributed by atoms with E-state index in [1.54, 1.807) is 0 Å². The van der Waals surface area contributed by atoms with Gasteiger partial charge in [-0.05, 0) is 38.9 Å². The van der Waals surface area contributed by atoms with Gasteiger partial charge in [-0.1, -0.05) is 155 Å². The molecular weight excluding hydrogens is 388 g/mol. The fourth-order valence-electron chi connectivity index (χ4n) is 4.73. The number of rotatable bonds is 29. The molecule has 3 N–H and O–H groups in total. The van der Waals surface area contributed by atoms with Crippen LogP contribution in [0.2, 0.25) is 0 Å². The lowest BCUT2D eigenvalue weighted by Crippen LogP contribution is -2.16. The van der Waals surface area contributed by atoms with E-state index < -0.39 is 0 Å². The van der Waals surface area contributed by atoms with Gasteiger partial charge in [0, 0.05) is 0 Å². The summed E-state index contributed by atoms with van der Waals surface area (Å²) in [6, 6.07) is 0. The summed E-state index contributed by atoms with van der Waals surface area (Å²) in [5, 5.41) is 3.66. The van der Waals surface area contributed by atoms with Gasteiger partial charge in [0.2, 0.25) is 0 Å². The van der Waals surface area contributed by atoms with Gasteiger partial charge < -0.3 is 11.1 Å². The molecule has 0 fully saturated rings. The van der Waals surface area contributed by atoms with Crippen LogP contribution in [-0.2, 0) is 0 Å². The molecule has 0 amide bonds. The first kappa shape index (κ1) is 31.9. The Morgan fingerprint density at radius 3 is 0.875 bits per heavy atom. The van der Waals surface area contributed by atoms with Crippen molar-refractivity contribution in [3.05, 3.63) is 0 Å². The molecule has 0 rings (SSSR count). The fraction of sp³-hybridized carbons (Fsp3) is 1.00. The van der Waals surface area contributed by atoms with Gasteiger partial charge in [0.1, 0.15) is 0 Å². The van der Waals surface area contributed by atoms with Gasteiger partial charge in [-0.15, -0.1) is 0 Å². The maximum absolute atomic E-state index is 5.53. The maximum atomic E-state index is 5.53. The maximum Gasteiger partial charge on any atom is -0.00489 e. The van der Waals surface area contributed by atoms with Gasteiger partial charge in [-0.3, -0.25) is 0 Å². The lowest BCUT2D eigenvalue weighted by Gasteiger charge is -2.06. The third-order valence-corrected chi connectivity index (χ3v) is 7.01. The first-order valence-electron chi connectivity index (χ1n) is 15.3. The molecule has 0 atom stereocenters. The van der Waals surface area contributed by atoms with Crippen LogP contribution < -0.4 is 11.1 Å². The van der Waals surface area contributed by atoms with Crippen LogP contribution in [0.25, 0.3) is 0 Å². The van der Waals surface area contributed by atoms with Crippen molar-refractivity contribution in [2.75, 3.05) is 19.6 Å². The van der Waals surface area contributed by atoms with Crippen molar-refractivity contribution in [2.24, 2.45) is 5.73 Å². The van der Waals surface area contributed by atoms with Crippen molar-refractivity contribution in [1.82, 2.24) is 5.32 Å². The highest BCUT2D eigenvalue weighted by atomic mass is 14.8. The fourth-order valence-corrected chi connectivity index (χ4v) is 4.73. The van der Waals surface area contributed by atoms with E-state index in [0.717, 1.165) is 6.54 Å². The molecule has 0 radical (unpaired) electrons. The Bertz CT molecular complexity index is 275. The molecule has 0 saturated heterocycles. The summed E-state index contributed by atoms with van der Waals surface area (Å²) < 4.78 is 0. The monoisotopic (exact) mass is 453 g/mol. The molecular formula is C30H64N2. The van der Waals surface area contributed by atoms with Gasteiger partial charge >= 0.3 is 0 Å². The minimum absolute atomic E-state index is 0.869. The van der Waals surface area contributed by atoms with Gasteiger partial charge in [0.15, 0.2) is 0 Å². The lowest BCUT2D eigenvalue weighted by molar-refractivity contribution is 0.518. The van der Waals surface area contributed by atoms with Gasteiger partial charge in [-0.2, -0.15) is 0 Å². The van der Waals surface area contributed by atoms with Crippen LogP contribution in [0, 0.1) is 0 Å². The van der Waals surface area contributed by atoms with Crippen molar-refractivity contribution >= 4 is 0 Å². The molecule has 0 heterocycles. The molecule has 0 spiro atoms. The Kier molecular flexibility index (Phi) is 30.8. The van der Waals surface area contributed by atoms with Crippen LogP contribution in [-0.4, -0.2) is 19.6 Å². The third kappa shape index (κ3) is 29.9. The number of hydrogen-bond donors (Lipinski definition) is 2. The predicted molar refractivity (Wildman–Crippen MR) is 148 cm³/mol. The van der Waals surface area contributed by atoms with E-state index in [9.17, 15) is 0 Å². The lowest BCUT2D eigenvalue weighted by atomic mass is 10.0. The number of nitrogens with one attached hydrogen (secondary N) is 1. The Labute approximate surface area is 204 Å². The number of nitrogens with two attached hydrogens (primary N) is 1. The first-order valence-corrected chi connectivity index (χ1v) is 15.3. The summed E-state index contributed by atoms with van der Waals surface area (Å²) >= 11 is 0. The average Bonchev–Trinajstić information content (AvgIpc) is 2.81. The zero-order chi connectivity index (χ0) is 23.2. The molecule has 0 aliphatic carbocycles. The highest BCUT2D eigenvalue weighted by molar-refractivity contribution is 4.53. The standard InChI is InChI=1S/C30H64N2/c1-2-3-4-5-6-7-8-9-10-11-12-14-17-20-23-26-29-32-30-27-24-21-18-15-13-16-19-22-25-28-31/h32H,2-31H2,1H3. The average molecular weight is 453 g/mol. The first-order chi connectivity index (χ1) is 15.9. The molecule has 0 unspecified atom stereocenters. The van der Waals surface area contributed by atoms with Crippen molar-refractivity contribution in [1.29, 1.82) is 0 Å². The smallest absolute Gasteiger partial charge is 0.00489 e. The van der Waals surface area contributed by atoms with Crippen molar-refractivity contribution in [3.8, 4) is 0 Å². The van der Waals surface area contributed by atoms with E-state index >= 15 is 0 Å². The molecule has 0 saturated carbocycles. The molecule has 2 heteroatoms. The van der Waals surface area contributed by atoms with E-state index in [0.29, 0.717) is 0 Å². The SMILES string of the molecule is CCCCCCCCCCCCCCCCCCNCCCCCCCCCCCCN. The van der Waals surface area contributed by atoms with Crippen LogP contribution >= 0.6 is 0 Å². The van der Waals surface area contributed by atoms with E-state index in [1.807, 2.05) is 0 Å². The second-order valence-electron chi connectivity index (χ2n) is 10.4. The third-order valence-electron chi connectivity index (χ3n) is 7.01. The van der Waals surface area contributed by atoms with E-state index in [-0.39, 0.29) is 0 Å². The predicted octanol–water partition coefficient (Wildman–Crippen LogP) is 9.70. The van der Waals surface area contributed by atoms with Crippen LogP contribution in [0.1, 0.15) is 174 Å². The zero-order valence-electron chi connectivity index (χ0n) is 22.6. The second kappa shape index (κ2) is 30.9. The Morgan fingerprint density at radius 1 is 0.344 bits per heavy atom. The largest absolute Gasteiger partial charge is 0.330 e. The van der Waals surface area contributed by atoms with E-state index in [4.69, 9.17) is 5.73 Å². The number of hydrogen-bond acceptors (Lipinski definition) is 2. The minimum Gasteiger partial charge on any atom is -0.330 e. The zero-order valence-corrected chi connectivity index (χ0v) is 22.6. The summed E-state index contributed by atoms with van der Waals surface area (Å²) in [6.07, 6.45) is 37.2. The van der Waals surface area contributed by atoms with Gasteiger partial charge in [0.25, 0.3) is 0 Å². The summed E-state index contributed by atoms with van der Waals surface area (Å²) in [5.41, 5.74) is 5.53.